The molecule has 1 heterocycles. The fourth-order valence-corrected chi connectivity index (χ4v) is 1.59. The highest BCUT2D eigenvalue weighted by atomic mass is 16.6. The minimum Gasteiger partial charge on any atom is -0.486 e. The molecule has 5 heteroatoms. The van der Waals surface area contributed by atoms with E-state index in [0.717, 1.165) is 23.7 Å². The Balaban J connectivity index is 2.10. The minimum absolute atomic E-state index is 0.491. The zero-order chi connectivity index (χ0) is 11.4. The molecule has 0 saturated heterocycles. The number of hydrogen-bond acceptors (Lipinski definition) is 5. The average Bonchev–Trinajstić information content (AvgIpc) is 2.35. The summed E-state index contributed by atoms with van der Waals surface area (Å²) >= 11 is 0. The molecular weight excluding hydrogens is 208 g/mol. The van der Waals surface area contributed by atoms with Crippen molar-refractivity contribution in [3.05, 3.63) is 18.2 Å². The molecule has 0 atom stereocenters. The molecule has 88 valence electrons. The van der Waals surface area contributed by atoms with E-state index in [1.54, 1.807) is 0 Å². The van der Waals surface area contributed by atoms with Crippen molar-refractivity contribution >= 4 is 5.69 Å². The van der Waals surface area contributed by atoms with Crippen LogP contribution in [0.3, 0.4) is 0 Å². The molecule has 2 rings (SSSR count). The predicted molar refractivity (Wildman–Crippen MR) is 60.8 cm³/mol. The second kappa shape index (κ2) is 5.05. The lowest BCUT2D eigenvalue weighted by Crippen LogP contribution is -2.24. The Morgan fingerprint density at radius 2 is 2.06 bits per heavy atom. The zero-order valence-corrected chi connectivity index (χ0v) is 9.31. The molecule has 5 nitrogen and oxygen atoms in total. The van der Waals surface area contributed by atoms with E-state index in [0.29, 0.717) is 19.8 Å². The number of benzene rings is 1. The summed E-state index contributed by atoms with van der Waals surface area (Å²) in [4.78, 5) is 6.60. The van der Waals surface area contributed by atoms with Crippen LogP contribution in [0.5, 0.6) is 11.5 Å². The molecule has 0 spiro atoms. The monoisotopic (exact) mass is 224 g/mol. The molecule has 0 bridgehead atoms. The number of rotatable bonds is 4. The van der Waals surface area contributed by atoms with Crippen LogP contribution in [-0.4, -0.2) is 33.4 Å². The Hall–Kier alpha value is -1.46. The van der Waals surface area contributed by atoms with E-state index in [2.05, 4.69) is 4.84 Å². The van der Waals surface area contributed by atoms with Crippen LogP contribution in [0, 0.1) is 0 Å². The molecule has 0 fully saturated rings. The van der Waals surface area contributed by atoms with E-state index in [9.17, 15) is 0 Å². The standard InChI is InChI=1S/C11H16N2O3/c1-13(4-5-16-12)9-2-3-10-11(8-9)15-7-6-14-10/h2-3,8H,4-7,12H2,1H3. The van der Waals surface area contributed by atoms with Gasteiger partial charge in [0.25, 0.3) is 0 Å². The highest BCUT2D eigenvalue weighted by molar-refractivity contribution is 5.56. The van der Waals surface area contributed by atoms with Gasteiger partial charge in [0.2, 0.25) is 0 Å². The van der Waals surface area contributed by atoms with E-state index >= 15 is 0 Å². The number of nitrogens with zero attached hydrogens (tertiary/aromatic N) is 1. The Bertz CT molecular complexity index is 357. The molecule has 16 heavy (non-hydrogen) atoms. The molecule has 0 aromatic heterocycles. The predicted octanol–water partition coefficient (Wildman–Crippen LogP) is 0.784. The summed E-state index contributed by atoms with van der Waals surface area (Å²) in [5, 5.41) is 0. The largest absolute Gasteiger partial charge is 0.486 e. The zero-order valence-electron chi connectivity index (χ0n) is 9.31. The van der Waals surface area contributed by atoms with Gasteiger partial charge in [-0.15, -0.1) is 0 Å². The van der Waals surface area contributed by atoms with Gasteiger partial charge in [-0.3, -0.25) is 0 Å². The third-order valence-electron chi connectivity index (χ3n) is 2.51. The molecule has 0 amide bonds. The molecule has 1 aliphatic rings. The van der Waals surface area contributed by atoms with Crippen LogP contribution >= 0.6 is 0 Å². The first-order valence-corrected chi connectivity index (χ1v) is 5.24. The fourth-order valence-electron chi connectivity index (χ4n) is 1.59. The summed E-state index contributed by atoms with van der Waals surface area (Å²) in [6.45, 7) is 2.44. The van der Waals surface area contributed by atoms with Crippen LogP contribution in [0.1, 0.15) is 0 Å². The van der Waals surface area contributed by atoms with Crippen molar-refractivity contribution in [2.75, 3.05) is 38.3 Å². The Morgan fingerprint density at radius 1 is 1.31 bits per heavy atom. The van der Waals surface area contributed by atoms with Crippen LogP contribution in [0.15, 0.2) is 18.2 Å². The van der Waals surface area contributed by atoms with Crippen molar-refractivity contribution < 1.29 is 14.3 Å². The number of hydrogen-bond donors (Lipinski definition) is 1. The molecule has 2 N–H and O–H groups in total. The first kappa shape index (κ1) is 11.0. The fraction of sp³-hybridized carbons (Fsp3) is 0.455. The normalized spacial score (nSPS) is 13.6. The second-order valence-electron chi connectivity index (χ2n) is 3.62. The van der Waals surface area contributed by atoms with Gasteiger partial charge >= 0.3 is 0 Å². The molecule has 0 saturated carbocycles. The summed E-state index contributed by atoms with van der Waals surface area (Å²) in [7, 11) is 1.98. The van der Waals surface area contributed by atoms with Crippen LogP contribution in [0.25, 0.3) is 0 Å². The van der Waals surface area contributed by atoms with Gasteiger partial charge in [-0.2, -0.15) is 0 Å². The summed E-state index contributed by atoms with van der Waals surface area (Å²) in [5.74, 6) is 6.59. The highest BCUT2D eigenvalue weighted by Crippen LogP contribution is 2.33. The average molecular weight is 224 g/mol. The van der Waals surface area contributed by atoms with E-state index in [4.69, 9.17) is 15.4 Å². The molecule has 1 aromatic carbocycles. The third kappa shape index (κ3) is 2.37. The summed E-state index contributed by atoms with van der Waals surface area (Å²) < 4.78 is 11.0. The summed E-state index contributed by atoms with van der Waals surface area (Å²) in [6.07, 6.45) is 0. The molecule has 0 aliphatic carbocycles. The van der Waals surface area contributed by atoms with Crippen molar-refractivity contribution in [2.45, 2.75) is 0 Å². The highest BCUT2D eigenvalue weighted by Gasteiger charge is 2.12. The van der Waals surface area contributed by atoms with Crippen molar-refractivity contribution in [2.24, 2.45) is 5.90 Å². The van der Waals surface area contributed by atoms with Crippen molar-refractivity contribution in [1.29, 1.82) is 0 Å². The lowest BCUT2D eigenvalue weighted by Gasteiger charge is -2.23. The maximum Gasteiger partial charge on any atom is 0.163 e. The molecule has 0 radical (unpaired) electrons. The van der Waals surface area contributed by atoms with Crippen molar-refractivity contribution in [3.8, 4) is 11.5 Å². The maximum absolute atomic E-state index is 5.51. The Labute approximate surface area is 94.6 Å². The number of fused-ring (bicyclic) bond motifs is 1. The van der Waals surface area contributed by atoms with Crippen molar-refractivity contribution in [1.82, 2.24) is 0 Å². The Kier molecular flexibility index (Phi) is 3.48. The topological polar surface area (TPSA) is 57.0 Å². The number of ether oxygens (including phenoxy) is 2. The van der Waals surface area contributed by atoms with Gasteiger partial charge in [-0.1, -0.05) is 0 Å². The van der Waals surface area contributed by atoms with E-state index in [-0.39, 0.29) is 0 Å². The smallest absolute Gasteiger partial charge is 0.163 e. The molecule has 0 unspecified atom stereocenters. The van der Waals surface area contributed by atoms with Gasteiger partial charge < -0.3 is 19.2 Å². The van der Waals surface area contributed by atoms with Gasteiger partial charge in [0.1, 0.15) is 13.2 Å². The van der Waals surface area contributed by atoms with Gasteiger partial charge in [-0.05, 0) is 12.1 Å². The Morgan fingerprint density at radius 3 is 2.81 bits per heavy atom. The van der Waals surface area contributed by atoms with Gasteiger partial charge in [0.15, 0.2) is 11.5 Å². The van der Waals surface area contributed by atoms with Crippen LogP contribution in [0.2, 0.25) is 0 Å². The van der Waals surface area contributed by atoms with Gasteiger partial charge in [0, 0.05) is 25.3 Å². The van der Waals surface area contributed by atoms with E-state index in [1.807, 2.05) is 30.1 Å². The number of anilines is 1. The minimum atomic E-state index is 0.491. The van der Waals surface area contributed by atoms with Gasteiger partial charge in [0.05, 0.1) is 6.61 Å². The molecule has 1 aromatic rings. The van der Waals surface area contributed by atoms with Crippen LogP contribution < -0.4 is 20.3 Å². The first-order chi connectivity index (χ1) is 7.81. The number of nitrogens with two attached hydrogens (primary N) is 1. The van der Waals surface area contributed by atoms with Gasteiger partial charge in [-0.25, -0.2) is 5.90 Å². The lowest BCUT2D eigenvalue weighted by atomic mass is 10.2. The molecule has 1 aliphatic heterocycles. The quantitative estimate of drug-likeness (QED) is 0.766. The summed E-state index contributed by atoms with van der Waals surface area (Å²) in [5.41, 5.74) is 1.06. The van der Waals surface area contributed by atoms with Crippen molar-refractivity contribution in [3.63, 3.8) is 0 Å². The molecular formula is C11H16N2O3. The first-order valence-electron chi connectivity index (χ1n) is 5.24. The number of likely N-dealkylation sites (N-methyl/N-ethyl adjacent to an activating group) is 1. The van der Waals surface area contributed by atoms with E-state index < -0.39 is 0 Å². The van der Waals surface area contributed by atoms with Crippen LogP contribution in [-0.2, 0) is 4.84 Å². The van der Waals surface area contributed by atoms with Crippen LogP contribution in [0.4, 0.5) is 5.69 Å². The maximum atomic E-state index is 5.51. The third-order valence-corrected chi connectivity index (χ3v) is 2.51. The summed E-state index contributed by atoms with van der Waals surface area (Å²) in [6, 6.07) is 5.87. The SMILES string of the molecule is CN(CCON)c1ccc2c(c1)OCCO2. The van der Waals surface area contributed by atoms with E-state index in [1.165, 1.54) is 0 Å². The second-order valence-corrected chi connectivity index (χ2v) is 3.62. The lowest BCUT2D eigenvalue weighted by molar-refractivity contribution is 0.145.